The highest BCUT2D eigenvalue weighted by Gasteiger charge is 2.30. The minimum Gasteiger partial charge on any atom is -0.352 e. The van der Waals surface area contributed by atoms with Crippen molar-refractivity contribution in [3.63, 3.8) is 0 Å². The summed E-state index contributed by atoms with van der Waals surface area (Å²) in [6.07, 6.45) is -4.24. The Kier molecular flexibility index (Phi) is 5.08. The second kappa shape index (κ2) is 6.83. The van der Waals surface area contributed by atoms with Gasteiger partial charge in [0.15, 0.2) is 0 Å². The fraction of sp³-hybridized carbons (Fsp3) is 0.188. The Labute approximate surface area is 130 Å². The molecule has 1 N–H and O–H groups in total. The molecular weight excluding hydrogens is 315 g/mol. The summed E-state index contributed by atoms with van der Waals surface area (Å²) in [5.41, 5.74) is 0.460. The molecule has 0 fully saturated rings. The summed E-state index contributed by atoms with van der Waals surface area (Å²) >= 11 is 5.75. The largest absolute Gasteiger partial charge is 0.416 e. The zero-order valence-corrected chi connectivity index (χ0v) is 12.2. The smallest absolute Gasteiger partial charge is 0.352 e. The zero-order valence-electron chi connectivity index (χ0n) is 11.5. The number of nitrogens with one attached hydrogen (secondary N) is 1. The number of amides is 1. The molecule has 0 atom stereocenters. The van der Waals surface area contributed by atoms with Gasteiger partial charge in [-0.1, -0.05) is 35.9 Å². The van der Waals surface area contributed by atoms with Crippen molar-refractivity contribution in [1.29, 1.82) is 0 Å². The zero-order chi connectivity index (χ0) is 16.2. The van der Waals surface area contributed by atoms with E-state index in [1.165, 1.54) is 12.1 Å². The highest BCUT2D eigenvalue weighted by Crippen LogP contribution is 2.29. The first-order valence-electron chi connectivity index (χ1n) is 6.52. The minimum atomic E-state index is -4.39. The average molecular weight is 328 g/mol. The molecule has 2 aromatic rings. The first-order chi connectivity index (χ1) is 10.3. The van der Waals surface area contributed by atoms with Crippen LogP contribution in [0.15, 0.2) is 48.5 Å². The van der Waals surface area contributed by atoms with E-state index in [9.17, 15) is 18.0 Å². The van der Waals surface area contributed by atoms with E-state index < -0.39 is 11.7 Å². The monoisotopic (exact) mass is 327 g/mol. The predicted octanol–water partition coefficient (Wildman–Crippen LogP) is 4.22. The van der Waals surface area contributed by atoms with Gasteiger partial charge in [0.1, 0.15) is 0 Å². The van der Waals surface area contributed by atoms with Crippen LogP contribution in [0.4, 0.5) is 13.2 Å². The third-order valence-corrected chi connectivity index (χ3v) is 3.27. The van der Waals surface area contributed by atoms with E-state index in [4.69, 9.17) is 11.6 Å². The third-order valence-electron chi connectivity index (χ3n) is 3.02. The molecule has 0 saturated carbocycles. The van der Waals surface area contributed by atoms with Gasteiger partial charge in [0.2, 0.25) is 5.91 Å². The molecule has 2 aromatic carbocycles. The molecule has 0 aliphatic heterocycles. The highest BCUT2D eigenvalue weighted by molar-refractivity contribution is 6.30. The summed E-state index contributed by atoms with van der Waals surface area (Å²) in [4.78, 5) is 11.8. The number of carbonyl (C=O) groups excluding carboxylic acids is 1. The summed E-state index contributed by atoms with van der Waals surface area (Å²) in [5, 5.41) is 3.18. The normalized spacial score (nSPS) is 11.3. The van der Waals surface area contributed by atoms with E-state index in [1.807, 2.05) is 0 Å². The Morgan fingerprint density at radius 3 is 2.36 bits per heavy atom. The number of halogens is 4. The molecule has 0 unspecified atom stereocenters. The standard InChI is InChI=1S/C16H13ClF3NO/c17-14-6-4-11(5-7-14)9-15(22)21-10-12-2-1-3-13(8-12)16(18,19)20/h1-8H,9-10H2,(H,21,22). The van der Waals surface area contributed by atoms with Gasteiger partial charge in [-0.2, -0.15) is 13.2 Å². The van der Waals surface area contributed by atoms with Crippen LogP contribution in [0.25, 0.3) is 0 Å². The maximum atomic E-state index is 12.6. The van der Waals surface area contributed by atoms with Crippen LogP contribution in [0.1, 0.15) is 16.7 Å². The number of benzene rings is 2. The number of hydrogen-bond acceptors (Lipinski definition) is 1. The van der Waals surface area contributed by atoms with E-state index >= 15 is 0 Å². The van der Waals surface area contributed by atoms with Crippen molar-refractivity contribution >= 4 is 17.5 Å². The first kappa shape index (κ1) is 16.4. The average Bonchev–Trinajstić information content (AvgIpc) is 2.47. The van der Waals surface area contributed by atoms with Crippen LogP contribution in [0, 0.1) is 0 Å². The number of hydrogen-bond donors (Lipinski definition) is 1. The molecule has 0 bridgehead atoms. The van der Waals surface area contributed by atoms with Crippen LogP contribution in [0.2, 0.25) is 5.02 Å². The quantitative estimate of drug-likeness (QED) is 0.895. The third kappa shape index (κ3) is 4.77. The van der Waals surface area contributed by atoms with E-state index in [2.05, 4.69) is 5.32 Å². The summed E-state index contributed by atoms with van der Waals surface area (Å²) in [7, 11) is 0. The molecule has 0 aliphatic rings. The van der Waals surface area contributed by atoms with E-state index in [0.29, 0.717) is 10.6 Å². The second-order valence-corrected chi connectivity index (χ2v) is 5.21. The van der Waals surface area contributed by atoms with Gasteiger partial charge in [-0.3, -0.25) is 4.79 Å². The molecule has 0 spiro atoms. The van der Waals surface area contributed by atoms with Gasteiger partial charge in [0.05, 0.1) is 12.0 Å². The molecule has 0 aliphatic carbocycles. The van der Waals surface area contributed by atoms with Crippen LogP contribution in [0.3, 0.4) is 0 Å². The lowest BCUT2D eigenvalue weighted by atomic mass is 10.1. The van der Waals surface area contributed by atoms with Crippen molar-refractivity contribution in [2.45, 2.75) is 19.1 Å². The van der Waals surface area contributed by atoms with Crippen molar-refractivity contribution in [3.8, 4) is 0 Å². The summed E-state index contributed by atoms with van der Waals surface area (Å²) < 4.78 is 37.8. The SMILES string of the molecule is O=C(Cc1ccc(Cl)cc1)NCc1cccc(C(F)(F)F)c1. The summed E-state index contributed by atoms with van der Waals surface area (Å²) in [6.45, 7) is 0.0519. The van der Waals surface area contributed by atoms with Gasteiger partial charge < -0.3 is 5.32 Å². The van der Waals surface area contributed by atoms with Crippen LogP contribution >= 0.6 is 11.6 Å². The Bertz CT molecular complexity index is 653. The molecule has 116 valence electrons. The molecule has 6 heteroatoms. The van der Waals surface area contributed by atoms with Crippen LogP contribution in [0.5, 0.6) is 0 Å². The minimum absolute atomic E-state index is 0.0519. The van der Waals surface area contributed by atoms with Gasteiger partial charge in [-0.15, -0.1) is 0 Å². The lowest BCUT2D eigenvalue weighted by Crippen LogP contribution is -2.24. The number of rotatable bonds is 4. The topological polar surface area (TPSA) is 29.1 Å². The van der Waals surface area contributed by atoms with Crippen molar-refractivity contribution in [3.05, 3.63) is 70.2 Å². The van der Waals surface area contributed by atoms with Crippen LogP contribution < -0.4 is 5.32 Å². The lowest BCUT2D eigenvalue weighted by Gasteiger charge is -2.09. The van der Waals surface area contributed by atoms with Crippen LogP contribution in [-0.2, 0) is 23.9 Å². The summed E-state index contributed by atoms with van der Waals surface area (Å²) in [6, 6.07) is 11.7. The Morgan fingerprint density at radius 1 is 1.05 bits per heavy atom. The predicted molar refractivity (Wildman–Crippen MR) is 78.4 cm³/mol. The van der Waals surface area contributed by atoms with Crippen molar-refractivity contribution in [2.24, 2.45) is 0 Å². The van der Waals surface area contributed by atoms with Crippen molar-refractivity contribution in [2.75, 3.05) is 0 Å². The molecule has 1 amide bonds. The Balaban J connectivity index is 1.92. The van der Waals surface area contributed by atoms with Crippen molar-refractivity contribution in [1.82, 2.24) is 5.32 Å². The molecule has 2 rings (SSSR count). The van der Waals surface area contributed by atoms with Gasteiger partial charge in [-0.25, -0.2) is 0 Å². The molecule has 0 aromatic heterocycles. The second-order valence-electron chi connectivity index (χ2n) is 4.78. The van der Waals surface area contributed by atoms with Gasteiger partial charge in [0, 0.05) is 11.6 Å². The number of carbonyl (C=O) groups is 1. The molecule has 0 saturated heterocycles. The van der Waals surface area contributed by atoms with E-state index in [1.54, 1.807) is 24.3 Å². The van der Waals surface area contributed by atoms with Gasteiger partial charge >= 0.3 is 6.18 Å². The Hall–Kier alpha value is -2.01. The van der Waals surface area contributed by atoms with Gasteiger partial charge in [-0.05, 0) is 35.4 Å². The summed E-state index contributed by atoms with van der Waals surface area (Å²) in [5.74, 6) is -0.264. The maximum absolute atomic E-state index is 12.6. The fourth-order valence-corrected chi connectivity index (χ4v) is 2.03. The van der Waals surface area contributed by atoms with E-state index in [0.717, 1.165) is 17.7 Å². The van der Waals surface area contributed by atoms with Crippen molar-refractivity contribution < 1.29 is 18.0 Å². The van der Waals surface area contributed by atoms with Gasteiger partial charge in [0.25, 0.3) is 0 Å². The molecule has 0 heterocycles. The maximum Gasteiger partial charge on any atom is 0.416 e. The molecule has 2 nitrogen and oxygen atoms in total. The Morgan fingerprint density at radius 2 is 1.73 bits per heavy atom. The van der Waals surface area contributed by atoms with Crippen LogP contribution in [-0.4, -0.2) is 5.91 Å². The molecule has 22 heavy (non-hydrogen) atoms. The highest BCUT2D eigenvalue weighted by atomic mass is 35.5. The first-order valence-corrected chi connectivity index (χ1v) is 6.89. The van der Waals surface area contributed by atoms with E-state index in [-0.39, 0.29) is 18.9 Å². The fourth-order valence-electron chi connectivity index (χ4n) is 1.91. The molecule has 0 radical (unpaired) electrons. The number of alkyl halides is 3. The lowest BCUT2D eigenvalue weighted by molar-refractivity contribution is -0.137. The molecular formula is C16H13ClF3NO.